The van der Waals surface area contributed by atoms with E-state index < -0.39 is 0 Å². The average molecular weight is 399 g/mol. The van der Waals surface area contributed by atoms with E-state index in [9.17, 15) is 7.77 Å². The summed E-state index contributed by atoms with van der Waals surface area (Å²) in [5.74, 6) is 0.475. The van der Waals surface area contributed by atoms with Crippen molar-refractivity contribution in [1.29, 1.82) is 0 Å². The van der Waals surface area contributed by atoms with Crippen molar-refractivity contribution < 1.29 is 12.5 Å². The highest BCUT2D eigenvalue weighted by molar-refractivity contribution is 7.93. The van der Waals surface area contributed by atoms with E-state index >= 15 is 0 Å². The molecule has 1 aromatic carbocycles. The maximum Gasteiger partial charge on any atom is 0.171 e. The van der Waals surface area contributed by atoms with Crippen LogP contribution in [-0.4, -0.2) is 25.0 Å². The van der Waals surface area contributed by atoms with Crippen LogP contribution in [-0.2, 0) is 0 Å². The van der Waals surface area contributed by atoms with Crippen LogP contribution in [0.2, 0.25) is 5.15 Å². The largest absolute Gasteiger partial charge is 0.494 e. The molecule has 0 aliphatic rings. The fourth-order valence-corrected chi connectivity index (χ4v) is 3.63. The minimum absolute atomic E-state index is 0.0294. The van der Waals surface area contributed by atoms with E-state index in [0.29, 0.717) is 38.9 Å². The molecule has 0 bridgehead atoms. The Labute approximate surface area is 154 Å². The van der Waals surface area contributed by atoms with Gasteiger partial charge in [0.25, 0.3) is 0 Å². The smallest absolute Gasteiger partial charge is 0.171 e. The van der Waals surface area contributed by atoms with Crippen molar-refractivity contribution in [2.45, 2.75) is 0 Å². The van der Waals surface area contributed by atoms with Crippen molar-refractivity contribution in [3.05, 3.63) is 41.9 Å². The van der Waals surface area contributed by atoms with E-state index in [1.807, 2.05) is 0 Å². The Morgan fingerprint density at radius 1 is 1.08 bits per heavy atom. The molecular formula is C15H9ClF2N4OS2. The first-order valence-corrected chi connectivity index (χ1v) is 8.70. The average Bonchev–Trinajstić information content (AvgIpc) is 3.21. The highest BCUT2D eigenvalue weighted by atomic mass is 35.5. The van der Waals surface area contributed by atoms with Crippen LogP contribution in [0.15, 0.2) is 36.8 Å². The van der Waals surface area contributed by atoms with Gasteiger partial charge in [-0.2, -0.15) is 0 Å². The van der Waals surface area contributed by atoms with Gasteiger partial charge in [0.1, 0.15) is 17.0 Å². The number of benzene rings is 1. The minimum atomic E-state index is 0.0294. The van der Waals surface area contributed by atoms with Crippen LogP contribution in [0.5, 0.6) is 5.75 Å². The summed E-state index contributed by atoms with van der Waals surface area (Å²) < 4.78 is 34.4. The molecule has 4 rings (SSSR count). The van der Waals surface area contributed by atoms with Gasteiger partial charge in [-0.25, -0.2) is 17.9 Å². The van der Waals surface area contributed by atoms with E-state index in [2.05, 4.69) is 9.97 Å². The zero-order chi connectivity index (χ0) is 17.6. The first kappa shape index (κ1) is 16.5. The molecule has 3 heterocycles. The fourth-order valence-electron chi connectivity index (χ4n) is 2.83. The summed E-state index contributed by atoms with van der Waals surface area (Å²) in [6.07, 6.45) is 2.99. The number of nitrogens with zero attached hydrogens (tertiary/aromatic N) is 4. The van der Waals surface area contributed by atoms with Crippen molar-refractivity contribution in [3.63, 3.8) is 0 Å². The third-order valence-corrected chi connectivity index (χ3v) is 4.95. The van der Waals surface area contributed by atoms with Gasteiger partial charge in [-0.05, 0) is 24.3 Å². The number of halogens is 3. The molecule has 0 unspecified atom stereocenters. The van der Waals surface area contributed by atoms with Crippen molar-refractivity contribution in [3.8, 4) is 16.9 Å². The van der Waals surface area contributed by atoms with Crippen LogP contribution < -0.4 is 4.74 Å². The molecule has 0 atom stereocenters. The van der Waals surface area contributed by atoms with Gasteiger partial charge >= 0.3 is 0 Å². The molecule has 0 spiro atoms. The molecule has 0 saturated carbocycles. The van der Waals surface area contributed by atoms with Crippen LogP contribution in [0.1, 0.15) is 0 Å². The normalized spacial score (nSPS) is 11.5. The Morgan fingerprint density at radius 2 is 1.88 bits per heavy atom. The lowest BCUT2D eigenvalue weighted by Gasteiger charge is -2.09. The van der Waals surface area contributed by atoms with E-state index in [1.165, 1.54) is 21.4 Å². The predicted molar refractivity (Wildman–Crippen MR) is 98.2 cm³/mol. The number of methoxy groups -OCH3 is 1. The van der Waals surface area contributed by atoms with Gasteiger partial charge in [0.15, 0.2) is 36.1 Å². The van der Waals surface area contributed by atoms with Crippen LogP contribution in [0.3, 0.4) is 0 Å². The molecule has 0 saturated heterocycles. The second-order valence-electron chi connectivity index (χ2n) is 5.10. The lowest BCUT2D eigenvalue weighted by atomic mass is 10.0. The molecule has 10 heteroatoms. The molecule has 0 amide bonds. The van der Waals surface area contributed by atoms with E-state index in [4.69, 9.17) is 16.3 Å². The number of hydrogen-bond acceptors (Lipinski definition) is 5. The molecule has 5 nitrogen and oxygen atoms in total. The lowest BCUT2D eigenvalue weighted by Crippen LogP contribution is -1.90. The topological polar surface area (TPSA) is 44.9 Å². The van der Waals surface area contributed by atoms with Crippen molar-refractivity contribution in [1.82, 2.24) is 17.9 Å². The van der Waals surface area contributed by atoms with E-state index in [0.717, 1.165) is 0 Å². The Morgan fingerprint density at radius 3 is 2.60 bits per heavy atom. The molecule has 0 aliphatic carbocycles. The van der Waals surface area contributed by atoms with Gasteiger partial charge in [0, 0.05) is 22.7 Å². The summed E-state index contributed by atoms with van der Waals surface area (Å²) in [4.78, 5) is 8.40. The first-order chi connectivity index (χ1) is 12.2. The molecule has 0 N–H and O–H groups in total. The second-order valence-corrected chi connectivity index (χ2v) is 6.55. The van der Waals surface area contributed by atoms with Gasteiger partial charge in [-0.1, -0.05) is 11.6 Å². The maximum absolute atomic E-state index is 13.3. The number of aromatic nitrogens is 4. The number of hydrogen-bond donors (Lipinski definition) is 0. The first-order valence-electron chi connectivity index (χ1n) is 6.98. The van der Waals surface area contributed by atoms with Crippen LogP contribution in [0.4, 0.5) is 7.77 Å². The van der Waals surface area contributed by atoms with Gasteiger partial charge in [0.2, 0.25) is 0 Å². The Hall–Kier alpha value is -1.97. The summed E-state index contributed by atoms with van der Waals surface area (Å²) >= 11 is 6.01. The molecule has 128 valence electrons. The van der Waals surface area contributed by atoms with Gasteiger partial charge < -0.3 is 4.74 Å². The third kappa shape index (κ3) is 2.54. The standard InChI is InChI=1S/C15H9ClF2N4OS2/c1-23-14-8(2-4-11-13(14)19-7-22(11)25-18)10-6-21(24-17)15-9(10)3-5-12(16)20-15/h2-7H,1H3. The number of rotatable bonds is 4. The van der Waals surface area contributed by atoms with Crippen LogP contribution in [0, 0.1) is 0 Å². The highest BCUT2D eigenvalue weighted by Gasteiger charge is 2.19. The quantitative estimate of drug-likeness (QED) is 0.426. The predicted octanol–water partition coefficient (Wildman–Crippen LogP) is 5.48. The molecule has 0 radical (unpaired) electrons. The molecule has 0 aliphatic heterocycles. The van der Waals surface area contributed by atoms with Crippen molar-refractivity contribution >= 4 is 58.3 Å². The summed E-state index contributed by atoms with van der Waals surface area (Å²) in [7, 11) is 1.51. The lowest BCUT2D eigenvalue weighted by molar-refractivity contribution is 0.420. The Balaban J connectivity index is 2.03. The van der Waals surface area contributed by atoms with E-state index in [1.54, 1.807) is 30.5 Å². The Bertz CT molecular complexity index is 1100. The SMILES string of the molecule is COc1c(-c2cn(SF)c3nc(Cl)ccc23)ccc2c1ncn2SF. The monoisotopic (exact) mass is 398 g/mol. The number of imidazole rings is 1. The van der Waals surface area contributed by atoms with Gasteiger partial charge in [0.05, 0.1) is 12.6 Å². The van der Waals surface area contributed by atoms with Crippen molar-refractivity contribution in [2.24, 2.45) is 0 Å². The third-order valence-electron chi connectivity index (χ3n) is 3.87. The van der Waals surface area contributed by atoms with Crippen LogP contribution in [0.25, 0.3) is 33.2 Å². The molecule has 0 fully saturated rings. The second kappa shape index (κ2) is 6.40. The molecule has 4 aromatic rings. The summed E-state index contributed by atoms with van der Waals surface area (Å²) in [6, 6.07) is 6.93. The van der Waals surface area contributed by atoms with Crippen molar-refractivity contribution in [2.75, 3.05) is 7.11 Å². The molecule has 25 heavy (non-hydrogen) atoms. The number of pyridine rings is 1. The fraction of sp³-hybridized carbons (Fsp3) is 0.0667. The summed E-state index contributed by atoms with van der Waals surface area (Å²) in [6.45, 7) is 0. The zero-order valence-corrected chi connectivity index (χ0v) is 15.0. The van der Waals surface area contributed by atoms with Gasteiger partial charge in [-0.3, -0.25) is 0 Å². The Kier molecular flexibility index (Phi) is 4.22. The van der Waals surface area contributed by atoms with E-state index in [-0.39, 0.29) is 29.8 Å². The highest BCUT2D eigenvalue weighted by Crippen LogP contribution is 2.41. The summed E-state index contributed by atoms with van der Waals surface area (Å²) in [5, 5.41) is 0.986. The van der Waals surface area contributed by atoms with Crippen LogP contribution >= 0.6 is 36.3 Å². The zero-order valence-electron chi connectivity index (χ0n) is 12.6. The summed E-state index contributed by atoms with van der Waals surface area (Å²) in [5.41, 5.74) is 2.91. The minimum Gasteiger partial charge on any atom is -0.494 e. The molecule has 3 aromatic heterocycles. The number of fused-ring (bicyclic) bond motifs is 2. The van der Waals surface area contributed by atoms with Gasteiger partial charge in [-0.15, -0.1) is 7.77 Å². The number of ether oxygens (including phenoxy) is 1. The maximum atomic E-state index is 13.3. The molecular weight excluding hydrogens is 390 g/mol.